The Morgan fingerprint density at radius 3 is 2.45 bits per heavy atom. The van der Waals surface area contributed by atoms with Gasteiger partial charge in [-0.25, -0.2) is 14.2 Å². The summed E-state index contributed by atoms with van der Waals surface area (Å²) in [5, 5.41) is 9.36. The lowest BCUT2D eigenvalue weighted by Gasteiger charge is -2.34. The van der Waals surface area contributed by atoms with Gasteiger partial charge in [-0.3, -0.25) is 9.48 Å². The zero-order valence-electron chi connectivity index (χ0n) is 15.7. The fourth-order valence-corrected chi connectivity index (χ4v) is 3.82. The van der Waals surface area contributed by atoms with Crippen LogP contribution in [0.15, 0.2) is 42.0 Å². The highest BCUT2D eigenvalue weighted by Crippen LogP contribution is 2.24. The lowest BCUT2D eigenvalue weighted by Crippen LogP contribution is -2.51. The van der Waals surface area contributed by atoms with Gasteiger partial charge in [-0.05, 0) is 24.3 Å². The molecule has 3 aromatic rings. The zero-order valence-corrected chi connectivity index (χ0v) is 16.5. The summed E-state index contributed by atoms with van der Waals surface area (Å²) in [5.41, 5.74) is 1.80. The normalized spacial score (nSPS) is 14.1. The van der Waals surface area contributed by atoms with Crippen LogP contribution in [0, 0.1) is 5.82 Å². The van der Waals surface area contributed by atoms with Crippen LogP contribution in [0.2, 0.25) is 0 Å². The minimum Gasteiger partial charge on any atom is -0.334 e. The summed E-state index contributed by atoms with van der Waals surface area (Å²) in [6.07, 6.45) is 3.57. The van der Waals surface area contributed by atoms with E-state index in [9.17, 15) is 14.0 Å². The molecule has 0 aliphatic carbocycles. The molecule has 29 heavy (non-hydrogen) atoms. The molecule has 4 rings (SSSR count). The number of halogens is 1. The molecule has 0 spiro atoms. The quantitative estimate of drug-likeness (QED) is 0.714. The van der Waals surface area contributed by atoms with E-state index >= 15 is 0 Å². The van der Waals surface area contributed by atoms with Crippen molar-refractivity contribution in [2.24, 2.45) is 7.05 Å². The Labute approximate surface area is 170 Å². The number of urea groups is 1. The number of aryl methyl sites for hydroxylation is 1. The smallest absolute Gasteiger partial charge is 0.321 e. The Balaban J connectivity index is 1.33. The van der Waals surface area contributed by atoms with Crippen LogP contribution in [0.5, 0.6) is 0 Å². The highest BCUT2D eigenvalue weighted by molar-refractivity contribution is 7.13. The molecule has 2 aromatic heterocycles. The standard InChI is InChI=1S/C19H19FN6O2S/c1-24-11-13(10-21-24)17-23-16(12-29-17)18(27)25-6-8-26(9-7-25)19(28)22-15-4-2-14(20)3-5-15/h2-5,10-12H,6-9H2,1H3,(H,22,28). The van der Waals surface area contributed by atoms with Gasteiger partial charge in [0.25, 0.3) is 5.91 Å². The van der Waals surface area contributed by atoms with Gasteiger partial charge in [0.05, 0.1) is 6.20 Å². The molecule has 3 heterocycles. The van der Waals surface area contributed by atoms with Crippen LogP contribution in [-0.4, -0.2) is 62.7 Å². The monoisotopic (exact) mass is 414 g/mol. The molecule has 0 bridgehead atoms. The Morgan fingerprint density at radius 1 is 1.10 bits per heavy atom. The largest absolute Gasteiger partial charge is 0.334 e. The second kappa shape index (κ2) is 8.00. The highest BCUT2D eigenvalue weighted by atomic mass is 32.1. The van der Waals surface area contributed by atoms with Crippen molar-refractivity contribution < 1.29 is 14.0 Å². The zero-order chi connectivity index (χ0) is 20.4. The molecule has 10 heteroatoms. The van der Waals surface area contributed by atoms with Gasteiger partial charge in [0.1, 0.15) is 16.5 Å². The number of hydrogen-bond acceptors (Lipinski definition) is 5. The number of piperazine rings is 1. The Morgan fingerprint density at radius 2 is 1.79 bits per heavy atom. The van der Waals surface area contributed by atoms with Crippen LogP contribution in [0.4, 0.5) is 14.9 Å². The molecule has 0 unspecified atom stereocenters. The second-order valence-corrected chi connectivity index (χ2v) is 7.51. The van der Waals surface area contributed by atoms with Gasteiger partial charge < -0.3 is 15.1 Å². The van der Waals surface area contributed by atoms with Crippen molar-refractivity contribution in [2.45, 2.75) is 0 Å². The SMILES string of the molecule is Cn1cc(-c2nc(C(=O)N3CCN(C(=O)Nc4ccc(F)cc4)CC3)cs2)cn1. The van der Waals surface area contributed by atoms with E-state index in [1.165, 1.54) is 35.6 Å². The molecule has 0 radical (unpaired) electrons. The first-order valence-corrected chi connectivity index (χ1v) is 9.93. The molecule has 0 saturated carbocycles. The van der Waals surface area contributed by atoms with Crippen molar-refractivity contribution in [3.8, 4) is 10.6 Å². The second-order valence-electron chi connectivity index (χ2n) is 6.66. The number of anilines is 1. The van der Waals surface area contributed by atoms with Gasteiger partial charge in [0.15, 0.2) is 0 Å². The van der Waals surface area contributed by atoms with E-state index in [1.54, 1.807) is 26.1 Å². The number of nitrogens with one attached hydrogen (secondary N) is 1. The van der Waals surface area contributed by atoms with E-state index in [1.807, 2.05) is 13.2 Å². The van der Waals surface area contributed by atoms with Crippen molar-refractivity contribution in [2.75, 3.05) is 31.5 Å². The summed E-state index contributed by atoms with van der Waals surface area (Å²) >= 11 is 1.40. The number of carbonyl (C=O) groups is 2. The molecular formula is C19H19FN6O2S. The van der Waals surface area contributed by atoms with Crippen molar-refractivity contribution in [1.29, 1.82) is 0 Å². The third-order valence-electron chi connectivity index (χ3n) is 4.62. The number of benzene rings is 1. The van der Waals surface area contributed by atoms with Gasteiger partial charge in [-0.1, -0.05) is 0 Å². The average Bonchev–Trinajstić information content (AvgIpc) is 3.38. The van der Waals surface area contributed by atoms with E-state index in [0.29, 0.717) is 37.6 Å². The number of hydrogen-bond donors (Lipinski definition) is 1. The van der Waals surface area contributed by atoms with E-state index in [2.05, 4.69) is 15.4 Å². The fraction of sp³-hybridized carbons (Fsp3) is 0.263. The molecule has 1 fully saturated rings. The van der Waals surface area contributed by atoms with E-state index in [0.717, 1.165) is 10.6 Å². The lowest BCUT2D eigenvalue weighted by atomic mass is 10.3. The van der Waals surface area contributed by atoms with Gasteiger partial charge in [0.2, 0.25) is 0 Å². The first-order chi connectivity index (χ1) is 14.0. The van der Waals surface area contributed by atoms with E-state index < -0.39 is 0 Å². The maximum Gasteiger partial charge on any atom is 0.321 e. The van der Waals surface area contributed by atoms with Gasteiger partial charge in [-0.2, -0.15) is 5.10 Å². The Bertz CT molecular complexity index is 1020. The number of thiazole rings is 1. The molecule has 1 aromatic carbocycles. The van der Waals surface area contributed by atoms with Crippen LogP contribution >= 0.6 is 11.3 Å². The first kappa shape index (κ1) is 19.1. The summed E-state index contributed by atoms with van der Waals surface area (Å²) in [6.45, 7) is 1.68. The van der Waals surface area contributed by atoms with Crippen molar-refractivity contribution in [3.63, 3.8) is 0 Å². The van der Waals surface area contributed by atoms with Crippen LogP contribution < -0.4 is 5.32 Å². The average molecular weight is 414 g/mol. The predicted octanol–water partition coefficient (Wildman–Crippen LogP) is 2.67. The summed E-state index contributed by atoms with van der Waals surface area (Å²) in [7, 11) is 1.83. The van der Waals surface area contributed by atoms with Crippen LogP contribution in [-0.2, 0) is 7.05 Å². The van der Waals surface area contributed by atoms with Crippen LogP contribution in [0.1, 0.15) is 10.5 Å². The molecule has 3 amide bonds. The number of carbonyl (C=O) groups excluding carboxylic acids is 2. The first-order valence-electron chi connectivity index (χ1n) is 9.05. The summed E-state index contributed by atoms with van der Waals surface area (Å²) < 4.78 is 14.7. The molecule has 1 aliphatic heterocycles. The Hall–Kier alpha value is -3.27. The molecule has 1 aliphatic rings. The molecule has 0 atom stereocenters. The highest BCUT2D eigenvalue weighted by Gasteiger charge is 2.26. The number of rotatable bonds is 3. The minimum absolute atomic E-state index is 0.144. The summed E-state index contributed by atoms with van der Waals surface area (Å²) in [6, 6.07) is 5.33. The predicted molar refractivity (Wildman–Crippen MR) is 107 cm³/mol. The third kappa shape index (κ3) is 4.27. The topological polar surface area (TPSA) is 83.4 Å². The minimum atomic E-state index is -0.358. The summed E-state index contributed by atoms with van der Waals surface area (Å²) in [5.74, 6) is -0.501. The molecule has 8 nitrogen and oxygen atoms in total. The van der Waals surface area contributed by atoms with Gasteiger partial charge >= 0.3 is 6.03 Å². The fourth-order valence-electron chi connectivity index (χ4n) is 3.05. The molecule has 150 valence electrons. The van der Waals surface area contributed by atoms with Gasteiger partial charge in [-0.15, -0.1) is 11.3 Å². The lowest BCUT2D eigenvalue weighted by molar-refractivity contribution is 0.0667. The number of amides is 3. The van der Waals surface area contributed by atoms with E-state index in [-0.39, 0.29) is 17.8 Å². The summed E-state index contributed by atoms with van der Waals surface area (Å²) in [4.78, 5) is 32.9. The van der Waals surface area contributed by atoms with Crippen LogP contribution in [0.25, 0.3) is 10.6 Å². The molecule has 1 N–H and O–H groups in total. The Kier molecular flexibility index (Phi) is 5.26. The van der Waals surface area contributed by atoms with Crippen LogP contribution in [0.3, 0.4) is 0 Å². The third-order valence-corrected chi connectivity index (χ3v) is 5.52. The number of nitrogens with zero attached hydrogens (tertiary/aromatic N) is 5. The van der Waals surface area contributed by atoms with E-state index in [4.69, 9.17) is 0 Å². The molecule has 1 saturated heterocycles. The van der Waals surface area contributed by atoms with Crippen molar-refractivity contribution in [1.82, 2.24) is 24.6 Å². The molecular weight excluding hydrogens is 395 g/mol. The van der Waals surface area contributed by atoms with Crippen molar-refractivity contribution in [3.05, 3.63) is 53.6 Å². The van der Waals surface area contributed by atoms with Gasteiger partial charge in [0, 0.05) is 56.1 Å². The maximum absolute atomic E-state index is 13.0. The number of aromatic nitrogens is 3. The van der Waals surface area contributed by atoms with Crippen molar-refractivity contribution >= 4 is 29.0 Å². The maximum atomic E-state index is 13.0.